The standard InChI is InChI=1S/C17H13FN2O4S/c18-9-3-1-8(2-4-9)10-7-25-17(19-10)20-15(21)13-11-5-6-12(24-11)14(13)16(22)23/h1-7,11-14H,(H,22,23)(H,19,20,21)/t11-,12+,13+,14-/m0/s1. The molecule has 2 aliphatic heterocycles. The SMILES string of the molecule is O=C(O)[C@@H]1[C@H](C(=O)Nc2nc(-c3ccc(F)cc3)cs2)[C@@H]2C=C[C@H]1O2. The van der Waals surface area contributed by atoms with E-state index in [1.165, 1.54) is 23.5 Å². The molecule has 1 saturated heterocycles. The Kier molecular flexibility index (Phi) is 3.85. The quantitative estimate of drug-likeness (QED) is 0.818. The molecule has 0 unspecified atom stereocenters. The highest BCUT2D eigenvalue weighted by molar-refractivity contribution is 7.14. The number of hydrogen-bond donors (Lipinski definition) is 2. The van der Waals surface area contributed by atoms with Gasteiger partial charge in [-0.15, -0.1) is 11.3 Å². The maximum absolute atomic E-state index is 13.0. The van der Waals surface area contributed by atoms with Crippen molar-refractivity contribution >= 4 is 28.3 Å². The smallest absolute Gasteiger partial charge is 0.310 e. The number of nitrogens with zero attached hydrogens (tertiary/aromatic N) is 1. The molecular weight excluding hydrogens is 347 g/mol. The fourth-order valence-corrected chi connectivity index (χ4v) is 3.91. The van der Waals surface area contributed by atoms with Crippen LogP contribution in [0.4, 0.5) is 9.52 Å². The van der Waals surface area contributed by atoms with Crippen LogP contribution in [-0.2, 0) is 14.3 Å². The second-order valence-electron chi connectivity index (χ2n) is 5.87. The molecule has 0 saturated carbocycles. The van der Waals surface area contributed by atoms with Crippen LogP contribution in [0.1, 0.15) is 0 Å². The number of amides is 1. The van der Waals surface area contributed by atoms with E-state index in [-0.39, 0.29) is 5.82 Å². The predicted octanol–water partition coefficient (Wildman–Crippen LogP) is 2.54. The van der Waals surface area contributed by atoms with Crippen LogP contribution in [0.15, 0.2) is 41.8 Å². The number of benzene rings is 1. The zero-order chi connectivity index (χ0) is 17.6. The van der Waals surface area contributed by atoms with Crippen molar-refractivity contribution in [2.45, 2.75) is 12.2 Å². The third kappa shape index (κ3) is 2.83. The largest absolute Gasteiger partial charge is 0.481 e. The summed E-state index contributed by atoms with van der Waals surface area (Å²) in [5, 5.41) is 14.1. The lowest BCUT2D eigenvalue weighted by Gasteiger charge is -2.20. The number of hydrogen-bond acceptors (Lipinski definition) is 5. The van der Waals surface area contributed by atoms with Gasteiger partial charge in [0.15, 0.2) is 5.13 Å². The van der Waals surface area contributed by atoms with E-state index < -0.39 is 35.9 Å². The van der Waals surface area contributed by atoms with E-state index in [4.69, 9.17) is 4.74 Å². The summed E-state index contributed by atoms with van der Waals surface area (Å²) in [7, 11) is 0. The number of thiazole rings is 1. The van der Waals surface area contributed by atoms with Crippen LogP contribution < -0.4 is 5.32 Å². The summed E-state index contributed by atoms with van der Waals surface area (Å²) in [5.41, 5.74) is 1.34. The molecule has 25 heavy (non-hydrogen) atoms. The normalized spacial score (nSPS) is 26.8. The summed E-state index contributed by atoms with van der Waals surface area (Å²) in [5.74, 6) is -3.50. The zero-order valence-electron chi connectivity index (χ0n) is 12.8. The van der Waals surface area contributed by atoms with E-state index in [9.17, 15) is 19.1 Å². The number of carbonyl (C=O) groups is 2. The van der Waals surface area contributed by atoms with Gasteiger partial charge in [-0.1, -0.05) is 12.2 Å². The van der Waals surface area contributed by atoms with E-state index in [1.54, 1.807) is 29.7 Å². The molecule has 4 rings (SSSR count). The van der Waals surface area contributed by atoms with E-state index in [0.717, 1.165) is 5.56 Å². The molecule has 3 heterocycles. The van der Waals surface area contributed by atoms with Crippen molar-refractivity contribution < 1.29 is 23.8 Å². The monoisotopic (exact) mass is 360 g/mol. The van der Waals surface area contributed by atoms with Crippen LogP contribution in [0.5, 0.6) is 0 Å². The topological polar surface area (TPSA) is 88.5 Å². The van der Waals surface area contributed by atoms with Gasteiger partial charge in [0.1, 0.15) is 11.7 Å². The van der Waals surface area contributed by atoms with Crippen molar-refractivity contribution in [2.24, 2.45) is 11.8 Å². The highest BCUT2D eigenvalue weighted by Gasteiger charge is 2.53. The van der Waals surface area contributed by atoms with Gasteiger partial charge in [-0.3, -0.25) is 9.59 Å². The van der Waals surface area contributed by atoms with Crippen molar-refractivity contribution in [3.63, 3.8) is 0 Å². The molecule has 2 bridgehead atoms. The number of anilines is 1. The van der Waals surface area contributed by atoms with Crippen LogP contribution >= 0.6 is 11.3 Å². The lowest BCUT2D eigenvalue weighted by atomic mass is 9.82. The maximum atomic E-state index is 13.0. The molecule has 2 aliphatic rings. The maximum Gasteiger partial charge on any atom is 0.310 e. The zero-order valence-corrected chi connectivity index (χ0v) is 13.6. The molecular formula is C17H13FN2O4S. The van der Waals surface area contributed by atoms with Crippen LogP contribution in [0.3, 0.4) is 0 Å². The molecule has 1 fully saturated rings. The number of halogens is 1. The molecule has 1 amide bonds. The minimum Gasteiger partial charge on any atom is -0.481 e. The Hall–Kier alpha value is -2.58. The predicted molar refractivity (Wildman–Crippen MR) is 88.6 cm³/mol. The molecule has 8 heteroatoms. The number of fused-ring (bicyclic) bond motifs is 2. The molecule has 0 aliphatic carbocycles. The highest BCUT2D eigenvalue weighted by Crippen LogP contribution is 2.40. The Morgan fingerprint density at radius 3 is 2.52 bits per heavy atom. The van der Waals surface area contributed by atoms with Crippen molar-refractivity contribution in [1.29, 1.82) is 0 Å². The first kappa shape index (κ1) is 15.9. The van der Waals surface area contributed by atoms with Crippen LogP contribution in [0.2, 0.25) is 0 Å². The van der Waals surface area contributed by atoms with Gasteiger partial charge in [0, 0.05) is 10.9 Å². The summed E-state index contributed by atoms with van der Waals surface area (Å²) in [6, 6.07) is 5.88. The molecule has 0 spiro atoms. The van der Waals surface area contributed by atoms with Gasteiger partial charge < -0.3 is 15.2 Å². The molecule has 0 radical (unpaired) electrons. The van der Waals surface area contributed by atoms with Crippen LogP contribution in [0.25, 0.3) is 11.3 Å². The van der Waals surface area contributed by atoms with Crippen LogP contribution in [-0.4, -0.2) is 34.2 Å². The molecule has 4 atom stereocenters. The molecule has 6 nitrogen and oxygen atoms in total. The molecule has 2 N–H and O–H groups in total. The van der Waals surface area contributed by atoms with Gasteiger partial charge >= 0.3 is 5.97 Å². The number of aliphatic carboxylic acids is 1. The van der Waals surface area contributed by atoms with Crippen LogP contribution in [0, 0.1) is 17.7 Å². The Morgan fingerprint density at radius 1 is 1.16 bits per heavy atom. The average Bonchev–Trinajstić information content (AvgIpc) is 3.30. The first-order chi connectivity index (χ1) is 12.0. The number of aromatic nitrogens is 1. The molecule has 128 valence electrons. The fourth-order valence-electron chi connectivity index (χ4n) is 3.19. The first-order valence-electron chi connectivity index (χ1n) is 7.62. The summed E-state index contributed by atoms with van der Waals surface area (Å²) in [6.07, 6.45) is 2.32. The highest BCUT2D eigenvalue weighted by atomic mass is 32.1. The van der Waals surface area contributed by atoms with Gasteiger partial charge in [0.2, 0.25) is 5.91 Å². The average molecular weight is 360 g/mol. The summed E-state index contributed by atoms with van der Waals surface area (Å²) < 4.78 is 18.5. The van der Waals surface area contributed by atoms with E-state index in [1.807, 2.05) is 0 Å². The Morgan fingerprint density at radius 2 is 1.84 bits per heavy atom. The Labute approximate surface area is 146 Å². The summed E-state index contributed by atoms with van der Waals surface area (Å²) >= 11 is 1.22. The lowest BCUT2D eigenvalue weighted by Crippen LogP contribution is -2.39. The summed E-state index contributed by atoms with van der Waals surface area (Å²) in [6.45, 7) is 0. The van der Waals surface area contributed by atoms with Crippen molar-refractivity contribution in [3.8, 4) is 11.3 Å². The van der Waals surface area contributed by atoms with Gasteiger partial charge in [0.05, 0.1) is 23.8 Å². The van der Waals surface area contributed by atoms with E-state index in [0.29, 0.717) is 10.8 Å². The number of rotatable bonds is 4. The second kappa shape index (κ2) is 6.05. The minimum atomic E-state index is -1.05. The fraction of sp³-hybridized carbons (Fsp3) is 0.235. The van der Waals surface area contributed by atoms with Gasteiger partial charge in [0.25, 0.3) is 0 Å². The number of ether oxygens (including phenoxy) is 1. The lowest BCUT2D eigenvalue weighted by molar-refractivity contribution is -0.145. The molecule has 1 aromatic heterocycles. The Bertz CT molecular complexity index is 864. The van der Waals surface area contributed by atoms with E-state index >= 15 is 0 Å². The van der Waals surface area contributed by atoms with Gasteiger partial charge in [-0.05, 0) is 24.3 Å². The third-order valence-corrected chi connectivity index (χ3v) is 5.12. The molecule has 1 aromatic carbocycles. The van der Waals surface area contributed by atoms with E-state index in [2.05, 4.69) is 10.3 Å². The molecule has 2 aromatic rings. The first-order valence-corrected chi connectivity index (χ1v) is 8.50. The second-order valence-corrected chi connectivity index (χ2v) is 6.73. The number of carbonyl (C=O) groups excluding carboxylic acids is 1. The van der Waals surface area contributed by atoms with Gasteiger partial charge in [-0.2, -0.15) is 0 Å². The minimum absolute atomic E-state index is 0.337. The third-order valence-electron chi connectivity index (χ3n) is 4.36. The number of nitrogens with one attached hydrogen (secondary N) is 1. The number of carboxylic acids is 1. The van der Waals surface area contributed by atoms with Gasteiger partial charge in [-0.25, -0.2) is 9.37 Å². The summed E-state index contributed by atoms with van der Waals surface area (Å²) in [4.78, 5) is 28.3. The van der Waals surface area contributed by atoms with Crippen molar-refractivity contribution in [3.05, 3.63) is 47.6 Å². The van der Waals surface area contributed by atoms with Crippen molar-refractivity contribution in [1.82, 2.24) is 4.98 Å². The number of carboxylic acid groups (broad SMARTS) is 1. The Balaban J connectivity index is 1.51. The van der Waals surface area contributed by atoms with Crippen molar-refractivity contribution in [2.75, 3.05) is 5.32 Å².